The molecule has 6 heteroatoms. The average Bonchev–Trinajstić information content (AvgIpc) is 3.04. The third-order valence-corrected chi connectivity index (χ3v) is 3.58. The van der Waals surface area contributed by atoms with Gasteiger partial charge in [-0.2, -0.15) is 13.2 Å². The van der Waals surface area contributed by atoms with E-state index in [4.69, 9.17) is 5.73 Å². The molecule has 0 amide bonds. The highest BCUT2D eigenvalue weighted by Crippen LogP contribution is 2.32. The Morgan fingerprint density at radius 1 is 1.33 bits per heavy atom. The van der Waals surface area contributed by atoms with Gasteiger partial charge in [0.1, 0.15) is 0 Å². The highest BCUT2D eigenvalue weighted by atomic mass is 79.9. The highest BCUT2D eigenvalue weighted by Gasteiger charge is 2.37. The Kier molecular flexibility index (Phi) is 3.87. The fourth-order valence-electron chi connectivity index (χ4n) is 1.89. The zero-order chi connectivity index (χ0) is 13.3. The monoisotopic (exact) mass is 322 g/mol. The van der Waals surface area contributed by atoms with E-state index in [-0.39, 0.29) is 6.04 Å². The lowest BCUT2D eigenvalue weighted by molar-refractivity contribution is -0.148. The van der Waals surface area contributed by atoms with Crippen LogP contribution in [0.5, 0.6) is 0 Å². The molecule has 2 nitrogen and oxygen atoms in total. The molecule has 1 fully saturated rings. The Morgan fingerprint density at radius 2 is 2.00 bits per heavy atom. The van der Waals surface area contributed by atoms with Crippen LogP contribution in [0, 0.1) is 0 Å². The Morgan fingerprint density at radius 3 is 2.50 bits per heavy atom. The van der Waals surface area contributed by atoms with Crippen LogP contribution >= 0.6 is 15.9 Å². The van der Waals surface area contributed by atoms with Crippen molar-refractivity contribution in [2.24, 2.45) is 0 Å². The van der Waals surface area contributed by atoms with Crippen molar-refractivity contribution in [3.8, 4) is 0 Å². The largest absolute Gasteiger partial charge is 0.401 e. The van der Waals surface area contributed by atoms with E-state index < -0.39 is 12.7 Å². The second-order valence-corrected chi connectivity index (χ2v) is 5.46. The van der Waals surface area contributed by atoms with Gasteiger partial charge in [0.2, 0.25) is 0 Å². The first-order valence-corrected chi connectivity index (χ1v) is 6.49. The molecule has 2 rings (SSSR count). The molecular weight excluding hydrogens is 309 g/mol. The van der Waals surface area contributed by atoms with Crippen LogP contribution in [-0.2, 0) is 6.54 Å². The lowest BCUT2D eigenvalue weighted by Gasteiger charge is -2.23. The maximum absolute atomic E-state index is 12.5. The van der Waals surface area contributed by atoms with E-state index in [1.807, 2.05) is 0 Å². The van der Waals surface area contributed by atoms with Crippen LogP contribution in [0.25, 0.3) is 0 Å². The van der Waals surface area contributed by atoms with Crippen molar-refractivity contribution < 1.29 is 13.2 Å². The Balaban J connectivity index is 2.06. The minimum Gasteiger partial charge on any atom is -0.398 e. The first-order valence-electron chi connectivity index (χ1n) is 5.70. The molecule has 1 aromatic carbocycles. The van der Waals surface area contributed by atoms with Gasteiger partial charge in [0.25, 0.3) is 0 Å². The van der Waals surface area contributed by atoms with E-state index >= 15 is 0 Å². The molecule has 0 aliphatic heterocycles. The SMILES string of the molecule is Nc1ccc(CN(CC(F)(F)F)C2CC2)cc1Br. The first kappa shape index (κ1) is 13.7. The van der Waals surface area contributed by atoms with E-state index in [2.05, 4.69) is 15.9 Å². The fourth-order valence-corrected chi connectivity index (χ4v) is 2.31. The van der Waals surface area contributed by atoms with E-state index in [9.17, 15) is 13.2 Å². The van der Waals surface area contributed by atoms with Crippen LogP contribution in [0.3, 0.4) is 0 Å². The number of hydrogen-bond acceptors (Lipinski definition) is 2. The van der Waals surface area contributed by atoms with Gasteiger partial charge in [0.15, 0.2) is 0 Å². The average molecular weight is 323 g/mol. The molecule has 0 saturated heterocycles. The van der Waals surface area contributed by atoms with E-state index in [1.165, 1.54) is 4.90 Å². The topological polar surface area (TPSA) is 29.3 Å². The quantitative estimate of drug-likeness (QED) is 0.859. The van der Waals surface area contributed by atoms with Crippen LogP contribution in [-0.4, -0.2) is 23.7 Å². The smallest absolute Gasteiger partial charge is 0.398 e. The second kappa shape index (κ2) is 5.09. The number of alkyl halides is 3. The van der Waals surface area contributed by atoms with Crippen molar-refractivity contribution in [3.05, 3.63) is 28.2 Å². The highest BCUT2D eigenvalue weighted by molar-refractivity contribution is 9.10. The van der Waals surface area contributed by atoms with Crippen molar-refractivity contribution in [1.82, 2.24) is 4.90 Å². The summed E-state index contributed by atoms with van der Waals surface area (Å²) in [7, 11) is 0. The molecule has 1 aromatic rings. The summed E-state index contributed by atoms with van der Waals surface area (Å²) < 4.78 is 38.1. The predicted octanol–water partition coefficient (Wildman–Crippen LogP) is 3.56. The van der Waals surface area contributed by atoms with Crippen LogP contribution in [0.1, 0.15) is 18.4 Å². The maximum Gasteiger partial charge on any atom is 0.401 e. The number of rotatable bonds is 4. The summed E-state index contributed by atoms with van der Waals surface area (Å²) in [4.78, 5) is 1.48. The van der Waals surface area contributed by atoms with Crippen molar-refractivity contribution >= 4 is 21.6 Å². The predicted molar refractivity (Wildman–Crippen MR) is 68.0 cm³/mol. The summed E-state index contributed by atoms with van der Waals surface area (Å²) in [6.45, 7) is -0.539. The summed E-state index contributed by atoms with van der Waals surface area (Å²) in [5.74, 6) is 0. The molecule has 1 saturated carbocycles. The number of nitrogens with two attached hydrogens (primary N) is 1. The number of nitrogen functional groups attached to an aromatic ring is 1. The van der Waals surface area contributed by atoms with Gasteiger partial charge in [-0.25, -0.2) is 0 Å². The third-order valence-electron chi connectivity index (χ3n) is 2.90. The minimum absolute atomic E-state index is 0.0722. The molecule has 0 radical (unpaired) electrons. The summed E-state index contributed by atoms with van der Waals surface area (Å²) in [6, 6.07) is 5.33. The zero-order valence-corrected chi connectivity index (χ0v) is 11.3. The Hall–Kier alpha value is -0.750. The molecule has 0 bridgehead atoms. The molecule has 1 aliphatic rings. The molecule has 100 valence electrons. The minimum atomic E-state index is -4.15. The zero-order valence-electron chi connectivity index (χ0n) is 9.67. The summed E-state index contributed by atoms with van der Waals surface area (Å²) in [5.41, 5.74) is 7.08. The first-order chi connectivity index (χ1) is 8.35. The van der Waals surface area contributed by atoms with Crippen molar-refractivity contribution in [1.29, 1.82) is 0 Å². The number of benzene rings is 1. The van der Waals surface area contributed by atoms with Gasteiger partial charge in [0.05, 0.1) is 6.54 Å². The van der Waals surface area contributed by atoms with Gasteiger partial charge < -0.3 is 5.73 Å². The van der Waals surface area contributed by atoms with Crippen molar-refractivity contribution in [3.63, 3.8) is 0 Å². The van der Waals surface area contributed by atoms with Gasteiger partial charge in [0, 0.05) is 22.7 Å². The Bertz CT molecular complexity index is 430. The van der Waals surface area contributed by atoms with Gasteiger partial charge in [-0.05, 0) is 46.5 Å². The summed E-state index contributed by atoms with van der Waals surface area (Å²) >= 11 is 3.28. The van der Waals surface area contributed by atoms with Crippen LogP contribution < -0.4 is 5.73 Å². The number of halogens is 4. The third kappa shape index (κ3) is 3.88. The number of nitrogens with zero attached hydrogens (tertiary/aromatic N) is 1. The normalized spacial score (nSPS) is 16.3. The van der Waals surface area contributed by atoms with E-state index in [0.717, 1.165) is 22.9 Å². The number of hydrogen-bond donors (Lipinski definition) is 1. The Labute approximate surface area is 112 Å². The van der Waals surface area contributed by atoms with Gasteiger partial charge in [-0.15, -0.1) is 0 Å². The fraction of sp³-hybridized carbons (Fsp3) is 0.500. The molecule has 0 unspecified atom stereocenters. The lowest BCUT2D eigenvalue weighted by Crippen LogP contribution is -2.35. The van der Waals surface area contributed by atoms with Crippen LogP contribution in [0.4, 0.5) is 18.9 Å². The molecule has 1 aliphatic carbocycles. The van der Waals surface area contributed by atoms with E-state index in [1.54, 1.807) is 18.2 Å². The van der Waals surface area contributed by atoms with Crippen LogP contribution in [0.2, 0.25) is 0 Å². The summed E-state index contributed by atoms with van der Waals surface area (Å²) in [6.07, 6.45) is -2.44. The van der Waals surface area contributed by atoms with Crippen LogP contribution in [0.15, 0.2) is 22.7 Å². The lowest BCUT2D eigenvalue weighted by atomic mass is 10.2. The van der Waals surface area contributed by atoms with E-state index in [0.29, 0.717) is 12.2 Å². The summed E-state index contributed by atoms with van der Waals surface area (Å²) in [5, 5.41) is 0. The number of anilines is 1. The van der Waals surface area contributed by atoms with Crippen molar-refractivity contribution in [2.75, 3.05) is 12.3 Å². The van der Waals surface area contributed by atoms with Gasteiger partial charge in [-0.3, -0.25) is 4.90 Å². The maximum atomic E-state index is 12.5. The molecule has 0 spiro atoms. The molecular formula is C12H14BrF3N2. The molecule has 2 N–H and O–H groups in total. The molecule has 0 atom stereocenters. The standard InChI is InChI=1S/C12H14BrF3N2/c13-10-5-8(1-4-11(10)17)6-18(9-2-3-9)7-12(14,15)16/h1,4-5,9H,2-3,6-7,17H2. The molecule has 18 heavy (non-hydrogen) atoms. The molecule has 0 heterocycles. The van der Waals surface area contributed by atoms with Crippen molar-refractivity contribution in [2.45, 2.75) is 31.6 Å². The molecule has 0 aromatic heterocycles. The van der Waals surface area contributed by atoms with Gasteiger partial charge >= 0.3 is 6.18 Å². The van der Waals surface area contributed by atoms with Gasteiger partial charge in [-0.1, -0.05) is 6.07 Å². The second-order valence-electron chi connectivity index (χ2n) is 4.61.